The molecular formula is C23H27ClN6O6. The molecule has 0 bridgehead atoms. The molecule has 2 aromatic heterocycles. The smallest absolute Gasteiger partial charge is 0.328 e. The predicted octanol–water partition coefficient (Wildman–Crippen LogP) is 1.54. The number of rotatable bonds is 2. The molecule has 3 atom stereocenters. The number of morpholine rings is 1. The van der Waals surface area contributed by atoms with Crippen LogP contribution in [0.25, 0.3) is 11.1 Å². The number of hydrogen-bond donors (Lipinski definition) is 3. The molecule has 1 spiro atoms. The zero-order valence-corrected chi connectivity index (χ0v) is 21.3. The van der Waals surface area contributed by atoms with Crippen molar-refractivity contribution in [1.29, 1.82) is 0 Å². The van der Waals surface area contributed by atoms with Gasteiger partial charge in [0.1, 0.15) is 10.5 Å². The molecule has 2 saturated heterocycles. The highest BCUT2D eigenvalue weighted by molar-refractivity contribution is 6.38. The summed E-state index contributed by atoms with van der Waals surface area (Å²) in [5.74, 6) is -1.97. The molecule has 0 unspecified atom stereocenters. The third-order valence-corrected chi connectivity index (χ3v) is 7.12. The Bertz CT molecular complexity index is 1300. The Morgan fingerprint density at radius 2 is 1.89 bits per heavy atom. The number of barbiturate groups is 1. The van der Waals surface area contributed by atoms with Gasteiger partial charge in [-0.25, -0.2) is 9.78 Å². The van der Waals surface area contributed by atoms with Crippen LogP contribution >= 0.6 is 11.6 Å². The minimum absolute atomic E-state index is 0.0495. The van der Waals surface area contributed by atoms with E-state index in [4.69, 9.17) is 20.9 Å². The lowest BCUT2D eigenvalue weighted by Crippen LogP contribution is -2.75. The van der Waals surface area contributed by atoms with Crippen LogP contribution in [-0.2, 0) is 20.7 Å². The van der Waals surface area contributed by atoms with E-state index in [1.54, 1.807) is 6.92 Å². The van der Waals surface area contributed by atoms with Gasteiger partial charge in [0, 0.05) is 19.5 Å². The number of nitrogens with zero attached hydrogens (tertiary/aromatic N) is 3. The lowest BCUT2D eigenvalue weighted by Gasteiger charge is -2.55. The highest BCUT2D eigenvalue weighted by atomic mass is 35.5. The molecule has 192 valence electrons. The van der Waals surface area contributed by atoms with E-state index >= 15 is 0 Å². The summed E-state index contributed by atoms with van der Waals surface area (Å²) in [6.07, 6.45) is -0.983. The fraction of sp³-hybridized carbons (Fsp3) is 0.565. The molecule has 5 rings (SSSR count). The third kappa shape index (κ3) is 3.62. The highest BCUT2D eigenvalue weighted by Gasteiger charge is 2.63. The lowest BCUT2D eigenvalue weighted by atomic mass is 9.67. The molecule has 0 aromatic carbocycles. The number of amides is 5. The third-order valence-electron chi connectivity index (χ3n) is 6.77. The lowest BCUT2D eigenvalue weighted by molar-refractivity contribution is -0.153. The van der Waals surface area contributed by atoms with Crippen molar-refractivity contribution in [2.45, 2.75) is 59.3 Å². The molecule has 0 aliphatic carbocycles. The van der Waals surface area contributed by atoms with Crippen LogP contribution in [0, 0.1) is 10.8 Å². The average Bonchev–Trinajstić information content (AvgIpc) is 3.19. The van der Waals surface area contributed by atoms with E-state index < -0.39 is 41.3 Å². The number of halogens is 1. The van der Waals surface area contributed by atoms with Gasteiger partial charge in [0.05, 0.1) is 29.6 Å². The fourth-order valence-corrected chi connectivity index (χ4v) is 5.68. The van der Waals surface area contributed by atoms with Crippen LogP contribution in [-0.4, -0.2) is 65.2 Å². The SMILES string of the molecule is C[C@@H]1CN2c3c(nc4c(C(=O)NCC(C)(C)C)noc4c3Cl)CC3(C(=O)NC(=O)NC3=O)[C@H]2[C@H](C)O1. The Labute approximate surface area is 211 Å². The molecule has 3 aliphatic rings. The second kappa shape index (κ2) is 8.13. The molecule has 2 fully saturated rings. The maximum Gasteiger partial charge on any atom is 0.328 e. The van der Waals surface area contributed by atoms with E-state index in [1.165, 1.54) is 0 Å². The average molecular weight is 519 g/mol. The number of ether oxygens (including phenoxy) is 1. The number of pyridine rings is 1. The number of anilines is 1. The van der Waals surface area contributed by atoms with E-state index in [2.05, 4.69) is 26.1 Å². The molecule has 13 heteroatoms. The molecule has 2 aromatic rings. The number of carbonyl (C=O) groups is 4. The van der Waals surface area contributed by atoms with Crippen LogP contribution in [0.2, 0.25) is 5.02 Å². The molecule has 12 nitrogen and oxygen atoms in total. The summed E-state index contributed by atoms with van der Waals surface area (Å²) in [6.45, 7) is 10.3. The van der Waals surface area contributed by atoms with Gasteiger partial charge in [-0.2, -0.15) is 0 Å². The Kier molecular flexibility index (Phi) is 5.52. The van der Waals surface area contributed by atoms with E-state index in [1.807, 2.05) is 32.6 Å². The Morgan fingerprint density at radius 3 is 2.53 bits per heavy atom. The van der Waals surface area contributed by atoms with Crippen LogP contribution in [0.4, 0.5) is 10.5 Å². The Balaban J connectivity index is 1.67. The first kappa shape index (κ1) is 24.4. The minimum Gasteiger partial charge on any atom is -0.372 e. The van der Waals surface area contributed by atoms with Gasteiger partial charge in [-0.3, -0.25) is 25.0 Å². The summed E-state index contributed by atoms with van der Waals surface area (Å²) < 4.78 is 11.5. The Hall–Kier alpha value is -3.25. The number of urea groups is 1. The van der Waals surface area contributed by atoms with E-state index in [0.717, 1.165) is 0 Å². The molecule has 0 saturated carbocycles. The second-order valence-electron chi connectivity index (χ2n) is 10.8. The van der Waals surface area contributed by atoms with Crippen molar-refractivity contribution in [3.05, 3.63) is 16.4 Å². The van der Waals surface area contributed by atoms with Crippen LogP contribution in [0.5, 0.6) is 0 Å². The zero-order valence-electron chi connectivity index (χ0n) is 20.5. The van der Waals surface area contributed by atoms with Gasteiger partial charge in [-0.05, 0) is 19.3 Å². The van der Waals surface area contributed by atoms with Gasteiger partial charge in [-0.1, -0.05) is 37.5 Å². The van der Waals surface area contributed by atoms with Crippen molar-refractivity contribution in [3.8, 4) is 0 Å². The van der Waals surface area contributed by atoms with Gasteiger partial charge in [0.2, 0.25) is 17.4 Å². The second-order valence-corrected chi connectivity index (χ2v) is 11.2. The first-order chi connectivity index (χ1) is 16.8. The van der Waals surface area contributed by atoms with Crippen LogP contribution in [0.3, 0.4) is 0 Å². The summed E-state index contributed by atoms with van der Waals surface area (Å²) in [5.41, 5.74) is -0.868. The molecule has 5 heterocycles. The zero-order chi connectivity index (χ0) is 26.2. The quantitative estimate of drug-likeness (QED) is 0.502. The number of carbonyl (C=O) groups excluding carboxylic acids is 4. The largest absolute Gasteiger partial charge is 0.372 e. The maximum absolute atomic E-state index is 13.3. The molecule has 0 radical (unpaired) electrons. The first-order valence-corrected chi connectivity index (χ1v) is 12.1. The summed E-state index contributed by atoms with van der Waals surface area (Å²) in [4.78, 5) is 57.9. The molecular weight excluding hydrogens is 492 g/mol. The standard InChI is InChI=1S/C23H27ClN6O6/c1-9-7-30-15-11(6-23(17(30)10(2)35-9)19(32)27-21(34)28-20(23)33)26-13-14(29-36-16(13)12(15)24)18(31)25-8-22(3,4)5/h9-10,17H,6-8H2,1-5H3,(H,25,31)(H2,27,28,32,33,34)/t9-,10+,17-/m1/s1. The van der Waals surface area contributed by atoms with Gasteiger partial charge in [-0.15, -0.1) is 0 Å². The van der Waals surface area contributed by atoms with Crippen molar-refractivity contribution < 1.29 is 28.4 Å². The molecule has 3 aliphatic heterocycles. The number of imide groups is 2. The van der Waals surface area contributed by atoms with Crippen LogP contribution in [0.15, 0.2) is 4.52 Å². The summed E-state index contributed by atoms with van der Waals surface area (Å²) in [7, 11) is 0. The number of fused-ring (bicyclic) bond motifs is 5. The number of aromatic nitrogens is 2. The summed E-state index contributed by atoms with van der Waals surface area (Å²) in [5, 5.41) is 11.4. The Morgan fingerprint density at radius 1 is 1.22 bits per heavy atom. The number of hydrogen-bond acceptors (Lipinski definition) is 9. The number of nitrogens with one attached hydrogen (secondary N) is 3. The normalized spacial score (nSPS) is 25.3. The van der Waals surface area contributed by atoms with E-state index in [-0.39, 0.29) is 39.8 Å². The summed E-state index contributed by atoms with van der Waals surface area (Å²) in [6, 6.07) is -1.66. The van der Waals surface area contributed by atoms with Gasteiger partial charge < -0.3 is 19.5 Å². The molecule has 3 N–H and O–H groups in total. The van der Waals surface area contributed by atoms with E-state index in [9.17, 15) is 19.2 Å². The minimum atomic E-state index is -1.71. The fourth-order valence-electron chi connectivity index (χ4n) is 5.33. The van der Waals surface area contributed by atoms with Crippen molar-refractivity contribution in [3.63, 3.8) is 0 Å². The van der Waals surface area contributed by atoms with Crippen molar-refractivity contribution in [1.82, 2.24) is 26.1 Å². The topological polar surface area (TPSA) is 156 Å². The van der Waals surface area contributed by atoms with Crippen molar-refractivity contribution >= 4 is 52.1 Å². The monoisotopic (exact) mass is 518 g/mol. The van der Waals surface area contributed by atoms with Crippen LogP contribution < -0.4 is 20.9 Å². The summed E-state index contributed by atoms with van der Waals surface area (Å²) >= 11 is 6.82. The first-order valence-electron chi connectivity index (χ1n) is 11.7. The molecule has 5 amide bonds. The van der Waals surface area contributed by atoms with Gasteiger partial charge in [0.15, 0.2) is 11.1 Å². The molecule has 36 heavy (non-hydrogen) atoms. The predicted molar refractivity (Wildman–Crippen MR) is 128 cm³/mol. The highest BCUT2D eigenvalue weighted by Crippen LogP contribution is 2.50. The van der Waals surface area contributed by atoms with Crippen molar-refractivity contribution in [2.75, 3.05) is 18.0 Å². The van der Waals surface area contributed by atoms with Gasteiger partial charge in [0.25, 0.3) is 5.91 Å². The van der Waals surface area contributed by atoms with E-state index in [0.29, 0.717) is 24.5 Å². The van der Waals surface area contributed by atoms with Gasteiger partial charge >= 0.3 is 6.03 Å². The van der Waals surface area contributed by atoms with Crippen LogP contribution in [0.1, 0.15) is 50.8 Å². The van der Waals surface area contributed by atoms with Crippen molar-refractivity contribution in [2.24, 2.45) is 10.8 Å². The maximum atomic E-state index is 13.3.